The normalized spacial score (nSPS) is 17.5. The number of carbonyl (C=O) groups excluding carboxylic acids is 1. The fourth-order valence-electron chi connectivity index (χ4n) is 3.63. The van der Waals surface area contributed by atoms with Gasteiger partial charge in [0, 0.05) is 43.6 Å². The number of imidazole rings is 1. The minimum Gasteiger partial charge on any atom is -0.338 e. The summed E-state index contributed by atoms with van der Waals surface area (Å²) < 4.78 is 2.21. The average molecular weight is 356 g/mol. The molecule has 6 nitrogen and oxygen atoms in total. The van der Waals surface area contributed by atoms with E-state index in [4.69, 9.17) is 0 Å². The quantitative estimate of drug-likeness (QED) is 0.895. The predicted molar refractivity (Wildman–Crippen MR) is 102 cm³/mol. The molecule has 1 saturated heterocycles. The van der Waals surface area contributed by atoms with E-state index in [0.29, 0.717) is 13.1 Å². The number of nitrogens with zero attached hydrogens (tertiary/aromatic N) is 3. The zero-order valence-electron chi connectivity index (χ0n) is 15.9. The molecular formula is C20H28N4O2. The molecule has 1 N–H and O–H groups in total. The molecule has 0 saturated carbocycles. The number of aromatic amines is 1. The number of hydrogen-bond acceptors (Lipinski definition) is 3. The molecule has 0 aromatic carbocycles. The highest BCUT2D eigenvalue weighted by atomic mass is 16.2. The minimum atomic E-state index is -0.301. The van der Waals surface area contributed by atoms with Crippen LogP contribution in [0, 0.1) is 13.8 Å². The highest BCUT2D eigenvalue weighted by Gasteiger charge is 2.29. The molecular weight excluding hydrogens is 328 g/mol. The minimum absolute atomic E-state index is 0.175. The lowest BCUT2D eigenvalue weighted by atomic mass is 9.96. The fraction of sp³-hybridized carbons (Fsp3) is 0.550. The van der Waals surface area contributed by atoms with Crippen molar-refractivity contribution in [3.8, 4) is 0 Å². The van der Waals surface area contributed by atoms with E-state index in [1.165, 1.54) is 0 Å². The lowest BCUT2D eigenvalue weighted by Crippen LogP contribution is -2.41. The number of carbonyl (C=O) groups is 1. The monoisotopic (exact) mass is 356 g/mol. The summed E-state index contributed by atoms with van der Waals surface area (Å²) in [5.41, 5.74) is 1.67. The molecule has 1 amide bonds. The lowest BCUT2D eigenvalue weighted by Gasteiger charge is -2.32. The molecule has 2 aromatic rings. The maximum atomic E-state index is 12.9. The second kappa shape index (κ2) is 7.89. The third-order valence-electron chi connectivity index (χ3n) is 5.30. The van der Waals surface area contributed by atoms with Gasteiger partial charge >= 0.3 is 0 Å². The Morgan fingerprint density at radius 2 is 2.19 bits per heavy atom. The number of rotatable bonds is 5. The third kappa shape index (κ3) is 3.74. The molecule has 0 spiro atoms. The maximum Gasteiger partial charge on any atom is 0.261 e. The highest BCUT2D eigenvalue weighted by Crippen LogP contribution is 2.27. The molecule has 3 heterocycles. The van der Waals surface area contributed by atoms with E-state index >= 15 is 0 Å². The van der Waals surface area contributed by atoms with Crippen molar-refractivity contribution in [2.24, 2.45) is 0 Å². The Bertz CT molecular complexity index is 837. The lowest BCUT2D eigenvalue weighted by molar-refractivity contribution is 0.0701. The van der Waals surface area contributed by atoms with Crippen molar-refractivity contribution in [3.63, 3.8) is 0 Å². The summed E-state index contributed by atoms with van der Waals surface area (Å²) in [6.07, 6.45) is 8.09. The number of aryl methyl sites for hydroxylation is 3. The predicted octanol–water partition coefficient (Wildman–Crippen LogP) is 3.01. The summed E-state index contributed by atoms with van der Waals surface area (Å²) in [6, 6.07) is 1.71. The first kappa shape index (κ1) is 18.4. The topological polar surface area (TPSA) is 71.0 Å². The van der Waals surface area contributed by atoms with Crippen LogP contribution in [0.2, 0.25) is 0 Å². The summed E-state index contributed by atoms with van der Waals surface area (Å²) in [4.78, 5) is 34.3. The molecule has 2 aromatic heterocycles. The Morgan fingerprint density at radius 3 is 2.96 bits per heavy atom. The van der Waals surface area contributed by atoms with Crippen molar-refractivity contribution in [1.29, 1.82) is 0 Å². The Balaban J connectivity index is 1.79. The molecule has 1 fully saturated rings. The van der Waals surface area contributed by atoms with Gasteiger partial charge in [-0.05, 0) is 44.7 Å². The van der Waals surface area contributed by atoms with E-state index < -0.39 is 0 Å². The van der Waals surface area contributed by atoms with E-state index in [1.54, 1.807) is 6.07 Å². The van der Waals surface area contributed by atoms with E-state index in [1.807, 2.05) is 31.1 Å². The van der Waals surface area contributed by atoms with Gasteiger partial charge in [-0.2, -0.15) is 0 Å². The van der Waals surface area contributed by atoms with Crippen molar-refractivity contribution in [2.45, 2.75) is 58.9 Å². The van der Waals surface area contributed by atoms with Gasteiger partial charge in [0.15, 0.2) is 0 Å². The SMILES string of the molecule is CCCCn1ccnc1[C@H]1CCCN(C(=O)c2cc(C)c(C)[nH]c2=O)C1. The standard InChI is InChI=1S/C20H28N4O2/c1-4-5-9-23-11-8-21-18(23)16-7-6-10-24(13-16)20(26)17-12-14(2)15(3)22-19(17)25/h8,11-12,16H,4-7,9-10,13H2,1-3H3,(H,22,25)/t16-/m0/s1. The highest BCUT2D eigenvalue weighted by molar-refractivity contribution is 5.94. The molecule has 1 aliphatic heterocycles. The van der Waals surface area contributed by atoms with Gasteiger partial charge in [0.25, 0.3) is 11.5 Å². The van der Waals surface area contributed by atoms with Crippen molar-refractivity contribution in [1.82, 2.24) is 19.4 Å². The van der Waals surface area contributed by atoms with Crippen molar-refractivity contribution >= 4 is 5.91 Å². The van der Waals surface area contributed by atoms with Crippen molar-refractivity contribution < 1.29 is 4.79 Å². The van der Waals surface area contributed by atoms with Crippen LogP contribution in [-0.2, 0) is 6.54 Å². The smallest absolute Gasteiger partial charge is 0.261 e. The van der Waals surface area contributed by atoms with Crippen LogP contribution in [-0.4, -0.2) is 38.4 Å². The molecule has 1 aliphatic rings. The number of amides is 1. The van der Waals surface area contributed by atoms with E-state index in [2.05, 4.69) is 21.5 Å². The van der Waals surface area contributed by atoms with Gasteiger partial charge in [-0.15, -0.1) is 0 Å². The van der Waals surface area contributed by atoms with Crippen LogP contribution in [0.25, 0.3) is 0 Å². The van der Waals surface area contributed by atoms with E-state index in [0.717, 1.165) is 49.3 Å². The van der Waals surface area contributed by atoms with Crippen LogP contribution in [0.4, 0.5) is 0 Å². The molecule has 26 heavy (non-hydrogen) atoms. The van der Waals surface area contributed by atoms with Gasteiger partial charge in [0.2, 0.25) is 0 Å². The largest absolute Gasteiger partial charge is 0.338 e. The summed E-state index contributed by atoms with van der Waals surface area (Å²) in [7, 11) is 0. The van der Waals surface area contributed by atoms with Gasteiger partial charge in [-0.25, -0.2) is 4.98 Å². The van der Waals surface area contributed by atoms with Gasteiger partial charge in [-0.3, -0.25) is 9.59 Å². The van der Waals surface area contributed by atoms with Crippen LogP contribution in [0.3, 0.4) is 0 Å². The summed E-state index contributed by atoms with van der Waals surface area (Å²) >= 11 is 0. The summed E-state index contributed by atoms with van der Waals surface area (Å²) in [5.74, 6) is 1.11. The average Bonchev–Trinajstić information content (AvgIpc) is 3.11. The van der Waals surface area contributed by atoms with Crippen LogP contribution < -0.4 is 5.56 Å². The maximum absolute atomic E-state index is 12.9. The molecule has 6 heteroatoms. The first-order valence-electron chi connectivity index (χ1n) is 9.52. The molecule has 140 valence electrons. The van der Waals surface area contributed by atoms with Crippen molar-refractivity contribution in [3.05, 3.63) is 51.5 Å². The van der Waals surface area contributed by atoms with Crippen LogP contribution in [0.5, 0.6) is 0 Å². The number of hydrogen-bond donors (Lipinski definition) is 1. The number of H-pyrrole nitrogens is 1. The number of aromatic nitrogens is 3. The van der Waals surface area contributed by atoms with Gasteiger partial charge in [0.05, 0.1) is 0 Å². The molecule has 0 bridgehead atoms. The number of pyridine rings is 1. The Labute approximate surface area is 154 Å². The third-order valence-corrected chi connectivity index (χ3v) is 5.30. The first-order chi connectivity index (χ1) is 12.5. The van der Waals surface area contributed by atoms with E-state index in [-0.39, 0.29) is 22.9 Å². The molecule has 3 rings (SSSR count). The molecule has 0 radical (unpaired) electrons. The van der Waals surface area contributed by atoms with Crippen LogP contribution in [0.1, 0.15) is 66.0 Å². The number of unbranched alkanes of at least 4 members (excludes halogenated alkanes) is 1. The molecule has 1 atom stereocenters. The van der Waals surface area contributed by atoms with E-state index in [9.17, 15) is 9.59 Å². The first-order valence-corrected chi connectivity index (χ1v) is 9.52. The Morgan fingerprint density at radius 1 is 1.38 bits per heavy atom. The Kier molecular flexibility index (Phi) is 5.59. The fourth-order valence-corrected chi connectivity index (χ4v) is 3.63. The second-order valence-corrected chi connectivity index (χ2v) is 7.24. The molecule has 0 unspecified atom stereocenters. The number of likely N-dealkylation sites (tertiary alicyclic amines) is 1. The summed E-state index contributed by atoms with van der Waals surface area (Å²) in [5, 5.41) is 0. The zero-order chi connectivity index (χ0) is 18.7. The zero-order valence-corrected chi connectivity index (χ0v) is 15.9. The summed E-state index contributed by atoms with van der Waals surface area (Å²) in [6.45, 7) is 8.21. The van der Waals surface area contributed by atoms with Gasteiger partial charge < -0.3 is 14.5 Å². The van der Waals surface area contributed by atoms with Gasteiger partial charge in [-0.1, -0.05) is 13.3 Å². The van der Waals surface area contributed by atoms with Crippen molar-refractivity contribution in [2.75, 3.05) is 13.1 Å². The van der Waals surface area contributed by atoms with Crippen LogP contribution in [0.15, 0.2) is 23.3 Å². The molecule has 0 aliphatic carbocycles. The number of piperidine rings is 1. The Hall–Kier alpha value is -2.37. The van der Waals surface area contributed by atoms with Gasteiger partial charge in [0.1, 0.15) is 11.4 Å². The van der Waals surface area contributed by atoms with Crippen LogP contribution >= 0.6 is 0 Å². The second-order valence-electron chi connectivity index (χ2n) is 7.24. The number of nitrogens with one attached hydrogen (secondary N) is 1.